The van der Waals surface area contributed by atoms with Crippen LogP contribution in [0.2, 0.25) is 0 Å². The molecule has 0 amide bonds. The Morgan fingerprint density at radius 3 is 2.71 bits per heavy atom. The largest absolute Gasteiger partial charge is 0.324 e. The minimum Gasteiger partial charge on any atom is -0.324 e. The number of carbonyl (C=O) groups is 1. The number of aromatic nitrogens is 1. The SMILES string of the molecule is CN[C@H](C=O)c1cccn2cccc12. The third-order valence-corrected chi connectivity index (χ3v) is 2.38. The molecule has 1 N–H and O–H groups in total. The molecule has 0 bridgehead atoms. The Bertz CT molecular complexity index is 447. The zero-order valence-electron chi connectivity index (χ0n) is 7.97. The van der Waals surface area contributed by atoms with Gasteiger partial charge in [0.05, 0.1) is 11.6 Å². The predicted octanol–water partition coefficient (Wildman–Crippen LogP) is 1.40. The second-order valence-corrected chi connectivity index (χ2v) is 3.17. The average molecular weight is 188 g/mol. The maximum absolute atomic E-state index is 10.8. The van der Waals surface area contributed by atoms with Gasteiger partial charge in [0.1, 0.15) is 6.29 Å². The van der Waals surface area contributed by atoms with Crippen LogP contribution in [0.1, 0.15) is 11.6 Å². The molecule has 2 rings (SSSR count). The summed E-state index contributed by atoms with van der Waals surface area (Å²) in [6.45, 7) is 0. The zero-order chi connectivity index (χ0) is 9.97. The van der Waals surface area contributed by atoms with Crippen molar-refractivity contribution in [1.82, 2.24) is 9.72 Å². The summed E-state index contributed by atoms with van der Waals surface area (Å²) in [5, 5.41) is 2.97. The van der Waals surface area contributed by atoms with Gasteiger partial charge in [-0.3, -0.25) is 0 Å². The number of carbonyl (C=O) groups excluding carboxylic acids is 1. The fraction of sp³-hybridized carbons (Fsp3) is 0.182. The fourth-order valence-electron chi connectivity index (χ4n) is 1.65. The number of pyridine rings is 1. The van der Waals surface area contributed by atoms with E-state index in [1.165, 1.54) is 0 Å². The van der Waals surface area contributed by atoms with Crippen LogP contribution in [-0.4, -0.2) is 17.7 Å². The highest BCUT2D eigenvalue weighted by atomic mass is 16.1. The highest BCUT2D eigenvalue weighted by Crippen LogP contribution is 2.17. The monoisotopic (exact) mass is 188 g/mol. The first-order chi connectivity index (χ1) is 6.86. The molecule has 2 heterocycles. The molecule has 72 valence electrons. The van der Waals surface area contributed by atoms with Crippen LogP contribution in [0, 0.1) is 0 Å². The van der Waals surface area contributed by atoms with Gasteiger partial charge in [-0.25, -0.2) is 0 Å². The van der Waals surface area contributed by atoms with Crippen LogP contribution >= 0.6 is 0 Å². The molecule has 2 aromatic heterocycles. The lowest BCUT2D eigenvalue weighted by Crippen LogP contribution is -2.18. The topological polar surface area (TPSA) is 33.5 Å². The lowest BCUT2D eigenvalue weighted by atomic mass is 10.1. The Morgan fingerprint density at radius 1 is 1.36 bits per heavy atom. The first-order valence-electron chi connectivity index (χ1n) is 4.55. The van der Waals surface area contributed by atoms with Gasteiger partial charge in [-0.1, -0.05) is 6.07 Å². The molecule has 3 heteroatoms. The van der Waals surface area contributed by atoms with E-state index in [-0.39, 0.29) is 6.04 Å². The summed E-state index contributed by atoms with van der Waals surface area (Å²) in [5.74, 6) is 0. The number of nitrogens with zero attached hydrogens (tertiary/aromatic N) is 1. The summed E-state index contributed by atoms with van der Waals surface area (Å²) in [6, 6.07) is 7.65. The standard InChI is InChI=1S/C11H12N2O/c1-12-10(8-14)9-4-2-6-13-7-3-5-11(9)13/h2-8,10,12H,1H3/t10-/m1/s1. The molecule has 14 heavy (non-hydrogen) atoms. The lowest BCUT2D eigenvalue weighted by molar-refractivity contribution is -0.109. The van der Waals surface area contributed by atoms with Gasteiger partial charge in [0.2, 0.25) is 0 Å². The lowest BCUT2D eigenvalue weighted by Gasteiger charge is -2.10. The molecule has 0 aromatic carbocycles. The smallest absolute Gasteiger partial charge is 0.141 e. The summed E-state index contributed by atoms with van der Waals surface area (Å²) >= 11 is 0. The summed E-state index contributed by atoms with van der Waals surface area (Å²) in [4.78, 5) is 10.8. The Kier molecular flexibility index (Phi) is 2.33. The highest BCUT2D eigenvalue weighted by molar-refractivity contribution is 5.69. The van der Waals surface area contributed by atoms with Crippen LogP contribution in [0.4, 0.5) is 0 Å². The molecule has 3 nitrogen and oxygen atoms in total. The second-order valence-electron chi connectivity index (χ2n) is 3.17. The summed E-state index contributed by atoms with van der Waals surface area (Å²) in [7, 11) is 1.78. The molecule has 0 unspecified atom stereocenters. The third kappa shape index (κ3) is 1.32. The van der Waals surface area contributed by atoms with E-state index < -0.39 is 0 Å². The van der Waals surface area contributed by atoms with E-state index in [9.17, 15) is 4.79 Å². The van der Waals surface area contributed by atoms with Crippen molar-refractivity contribution in [1.29, 1.82) is 0 Å². The maximum Gasteiger partial charge on any atom is 0.141 e. The van der Waals surface area contributed by atoms with Crippen LogP contribution in [0.15, 0.2) is 36.7 Å². The van der Waals surface area contributed by atoms with Crippen LogP contribution in [0.3, 0.4) is 0 Å². The van der Waals surface area contributed by atoms with Crippen molar-refractivity contribution in [3.05, 3.63) is 42.2 Å². The quantitative estimate of drug-likeness (QED) is 0.739. The van der Waals surface area contributed by atoms with Crippen molar-refractivity contribution in [2.75, 3.05) is 7.05 Å². The van der Waals surface area contributed by atoms with Gasteiger partial charge in [0, 0.05) is 18.0 Å². The van der Waals surface area contributed by atoms with Crippen molar-refractivity contribution in [2.45, 2.75) is 6.04 Å². The van der Waals surface area contributed by atoms with Crippen molar-refractivity contribution < 1.29 is 4.79 Å². The summed E-state index contributed by atoms with van der Waals surface area (Å²) in [6.07, 6.45) is 4.86. The van der Waals surface area contributed by atoms with Gasteiger partial charge in [-0.2, -0.15) is 0 Å². The minimum absolute atomic E-state index is 0.228. The molecule has 0 spiro atoms. The Hall–Kier alpha value is -1.61. The average Bonchev–Trinajstić information content (AvgIpc) is 2.68. The molecule has 2 aromatic rings. The van der Waals surface area contributed by atoms with Gasteiger partial charge >= 0.3 is 0 Å². The predicted molar refractivity (Wildman–Crippen MR) is 55.3 cm³/mol. The molecule has 0 aliphatic carbocycles. The van der Waals surface area contributed by atoms with Crippen LogP contribution in [-0.2, 0) is 4.79 Å². The summed E-state index contributed by atoms with van der Waals surface area (Å²) in [5.41, 5.74) is 2.08. The van der Waals surface area contributed by atoms with Crippen molar-refractivity contribution in [3.63, 3.8) is 0 Å². The minimum atomic E-state index is -0.228. The van der Waals surface area contributed by atoms with Crippen LogP contribution in [0.5, 0.6) is 0 Å². The van der Waals surface area contributed by atoms with E-state index in [1.54, 1.807) is 7.05 Å². The molecule has 1 atom stereocenters. The number of hydrogen-bond acceptors (Lipinski definition) is 2. The maximum atomic E-state index is 10.8. The zero-order valence-corrected chi connectivity index (χ0v) is 7.97. The number of rotatable bonds is 3. The molecule has 0 radical (unpaired) electrons. The van der Waals surface area contributed by atoms with Crippen molar-refractivity contribution in [3.8, 4) is 0 Å². The van der Waals surface area contributed by atoms with Crippen molar-refractivity contribution >= 4 is 11.8 Å². The molecular weight excluding hydrogens is 176 g/mol. The third-order valence-electron chi connectivity index (χ3n) is 2.38. The fourth-order valence-corrected chi connectivity index (χ4v) is 1.65. The first-order valence-corrected chi connectivity index (χ1v) is 4.55. The number of hydrogen-bond donors (Lipinski definition) is 1. The van der Waals surface area contributed by atoms with Gasteiger partial charge in [-0.15, -0.1) is 0 Å². The van der Waals surface area contributed by atoms with Gasteiger partial charge in [0.25, 0.3) is 0 Å². The molecular formula is C11H12N2O. The van der Waals surface area contributed by atoms with Crippen molar-refractivity contribution in [2.24, 2.45) is 0 Å². The number of likely N-dealkylation sites (N-methyl/N-ethyl adjacent to an activating group) is 1. The van der Waals surface area contributed by atoms with E-state index >= 15 is 0 Å². The Labute approximate surface area is 82.4 Å². The van der Waals surface area contributed by atoms with Gasteiger partial charge in [0.15, 0.2) is 0 Å². The molecule has 0 fully saturated rings. The van der Waals surface area contributed by atoms with Crippen LogP contribution in [0.25, 0.3) is 5.52 Å². The van der Waals surface area contributed by atoms with Gasteiger partial charge < -0.3 is 14.5 Å². The summed E-state index contributed by atoms with van der Waals surface area (Å²) < 4.78 is 2.00. The number of fused-ring (bicyclic) bond motifs is 1. The Balaban J connectivity index is 2.60. The highest BCUT2D eigenvalue weighted by Gasteiger charge is 2.10. The van der Waals surface area contributed by atoms with Gasteiger partial charge in [-0.05, 0) is 25.2 Å². The Morgan fingerprint density at radius 2 is 2.07 bits per heavy atom. The molecule has 0 saturated carbocycles. The molecule has 0 saturated heterocycles. The van der Waals surface area contributed by atoms with E-state index in [0.29, 0.717) is 0 Å². The first kappa shape index (κ1) is 8.97. The van der Waals surface area contributed by atoms with E-state index in [4.69, 9.17) is 0 Å². The number of aldehydes is 1. The van der Waals surface area contributed by atoms with E-state index in [1.807, 2.05) is 41.1 Å². The second kappa shape index (κ2) is 3.64. The molecule has 0 aliphatic rings. The molecule has 0 aliphatic heterocycles. The number of nitrogens with one attached hydrogen (secondary N) is 1. The normalized spacial score (nSPS) is 12.9. The van der Waals surface area contributed by atoms with E-state index in [2.05, 4.69) is 5.32 Å². The van der Waals surface area contributed by atoms with Crippen LogP contribution < -0.4 is 5.32 Å². The van der Waals surface area contributed by atoms with E-state index in [0.717, 1.165) is 17.4 Å².